The molecule has 8 nitrogen and oxygen atoms in total. The molecule has 1 fully saturated rings. The molecule has 1 saturated heterocycles. The first-order valence-corrected chi connectivity index (χ1v) is 9.48. The monoisotopic (exact) mass is 426 g/mol. The van der Waals surface area contributed by atoms with Gasteiger partial charge in [-0.25, -0.2) is 13.8 Å². The zero-order valence-corrected chi connectivity index (χ0v) is 15.4. The van der Waals surface area contributed by atoms with Gasteiger partial charge in [-0.1, -0.05) is 30.3 Å². The Labute approximate surface area is 158 Å². The van der Waals surface area contributed by atoms with Crippen LogP contribution >= 0.6 is 0 Å². The minimum atomic E-state index is -6.01. The Morgan fingerprint density at radius 2 is 1.86 bits per heavy atom. The molecule has 0 aromatic heterocycles. The van der Waals surface area contributed by atoms with Gasteiger partial charge in [-0.05, 0) is 25.3 Å². The van der Waals surface area contributed by atoms with Gasteiger partial charge < -0.3 is 14.2 Å². The average molecular weight is 426 g/mol. The Morgan fingerprint density at radius 1 is 1.21 bits per heavy atom. The lowest BCUT2D eigenvalue weighted by molar-refractivity contribution is -0.155. The Hall–Kier alpha value is -2.34. The zero-order chi connectivity index (χ0) is 20.9. The Bertz CT molecular complexity index is 794. The van der Waals surface area contributed by atoms with Crippen LogP contribution in [0, 0.1) is 0 Å². The predicted molar refractivity (Wildman–Crippen MR) is 86.4 cm³/mol. The molecule has 2 unspecified atom stereocenters. The first-order chi connectivity index (χ1) is 13.0. The number of halogens is 3. The highest BCUT2D eigenvalue weighted by Crippen LogP contribution is 2.27. The molecule has 0 spiro atoms. The number of aryl methyl sites for hydroxylation is 1. The van der Waals surface area contributed by atoms with Gasteiger partial charge in [0.25, 0.3) is 0 Å². The second-order valence-corrected chi connectivity index (χ2v) is 7.43. The van der Waals surface area contributed by atoms with Gasteiger partial charge >= 0.3 is 27.8 Å². The molecule has 12 heteroatoms. The second-order valence-electron chi connectivity index (χ2n) is 5.87. The molecule has 1 aromatic rings. The van der Waals surface area contributed by atoms with E-state index in [2.05, 4.69) is 8.92 Å². The van der Waals surface area contributed by atoms with Crippen LogP contribution in [-0.4, -0.2) is 51.0 Å². The molecule has 156 valence electrons. The van der Waals surface area contributed by atoms with Crippen molar-refractivity contribution in [3.8, 4) is 0 Å². The molecule has 3 atom stereocenters. The van der Waals surface area contributed by atoms with Crippen LogP contribution in [-0.2, 0) is 39.7 Å². The van der Waals surface area contributed by atoms with Crippen molar-refractivity contribution < 1.29 is 49.6 Å². The summed E-state index contributed by atoms with van der Waals surface area (Å²) < 4.78 is 78.7. The van der Waals surface area contributed by atoms with Crippen LogP contribution in [0.3, 0.4) is 0 Å². The van der Waals surface area contributed by atoms with Crippen molar-refractivity contribution in [1.82, 2.24) is 0 Å². The third kappa shape index (κ3) is 5.83. The Kier molecular flexibility index (Phi) is 6.88. The highest BCUT2D eigenvalue weighted by Gasteiger charge is 2.49. The van der Waals surface area contributed by atoms with E-state index in [-0.39, 0.29) is 12.8 Å². The van der Waals surface area contributed by atoms with E-state index in [1.807, 2.05) is 0 Å². The normalized spacial score (nSPS) is 20.9. The number of cyclic esters (lactones) is 2. The summed E-state index contributed by atoms with van der Waals surface area (Å²) in [7, 11) is -6.01. The number of alkyl halides is 3. The molecule has 2 rings (SSSR count). The fourth-order valence-corrected chi connectivity index (χ4v) is 2.85. The predicted octanol–water partition coefficient (Wildman–Crippen LogP) is 2.32. The fourth-order valence-electron chi connectivity index (χ4n) is 2.26. The van der Waals surface area contributed by atoms with Crippen molar-refractivity contribution in [3.05, 3.63) is 35.9 Å². The molecule has 1 aliphatic heterocycles. The SMILES string of the molecule is CC1OC(=O)OC1COC(=O)[C@@H](CCc1ccccc1)OS(=O)(=O)C(F)(F)F. The third-order valence-corrected chi connectivity index (χ3v) is 4.82. The third-order valence-electron chi connectivity index (χ3n) is 3.77. The minimum Gasteiger partial charge on any atom is -0.460 e. The van der Waals surface area contributed by atoms with Gasteiger partial charge in [0, 0.05) is 0 Å². The minimum absolute atomic E-state index is 0.0614. The van der Waals surface area contributed by atoms with Crippen molar-refractivity contribution in [2.75, 3.05) is 6.61 Å². The van der Waals surface area contributed by atoms with Crippen molar-refractivity contribution >= 4 is 22.2 Å². The van der Waals surface area contributed by atoms with Gasteiger partial charge in [0.15, 0.2) is 12.2 Å². The highest BCUT2D eigenvalue weighted by molar-refractivity contribution is 7.87. The number of benzene rings is 1. The summed E-state index contributed by atoms with van der Waals surface area (Å²) >= 11 is 0. The van der Waals surface area contributed by atoms with E-state index < -0.39 is 52.7 Å². The lowest BCUT2D eigenvalue weighted by Gasteiger charge is -2.19. The quantitative estimate of drug-likeness (QED) is 0.354. The number of carbonyl (C=O) groups excluding carboxylic acids is 2. The van der Waals surface area contributed by atoms with Crippen LogP contribution in [0.15, 0.2) is 30.3 Å². The summed E-state index contributed by atoms with van der Waals surface area (Å²) in [4.78, 5) is 23.1. The van der Waals surface area contributed by atoms with Gasteiger partial charge in [0.05, 0.1) is 0 Å². The second kappa shape index (κ2) is 8.78. The first-order valence-electron chi connectivity index (χ1n) is 8.07. The Morgan fingerprint density at radius 3 is 2.39 bits per heavy atom. The maximum atomic E-state index is 12.6. The molecular weight excluding hydrogens is 409 g/mol. The maximum Gasteiger partial charge on any atom is 0.523 e. The standard InChI is InChI=1S/C16H17F3O8S/c1-10-13(26-15(21)25-10)9-24-14(20)12(27-28(22,23)16(17,18)19)8-7-11-5-3-2-4-6-11/h2-6,10,12-13H,7-9H2,1H3/t10?,12-,13?/m1/s1. The van der Waals surface area contributed by atoms with Crippen LogP contribution in [0.5, 0.6) is 0 Å². The van der Waals surface area contributed by atoms with Crippen LogP contribution in [0.4, 0.5) is 18.0 Å². The Balaban J connectivity index is 2.05. The van der Waals surface area contributed by atoms with E-state index in [0.717, 1.165) is 0 Å². The van der Waals surface area contributed by atoms with E-state index in [1.54, 1.807) is 30.3 Å². The van der Waals surface area contributed by atoms with Crippen LogP contribution in [0.1, 0.15) is 18.9 Å². The molecule has 28 heavy (non-hydrogen) atoms. The number of ether oxygens (including phenoxy) is 3. The maximum absolute atomic E-state index is 12.6. The van der Waals surface area contributed by atoms with Gasteiger partial charge in [-0.15, -0.1) is 0 Å². The lowest BCUT2D eigenvalue weighted by Crippen LogP contribution is -2.37. The van der Waals surface area contributed by atoms with Crippen molar-refractivity contribution in [2.24, 2.45) is 0 Å². The van der Waals surface area contributed by atoms with E-state index in [1.165, 1.54) is 6.92 Å². The summed E-state index contributed by atoms with van der Waals surface area (Å²) in [6.45, 7) is 0.934. The fraction of sp³-hybridized carbons (Fsp3) is 0.500. The molecule has 0 aliphatic carbocycles. The molecule has 0 amide bonds. The molecule has 1 heterocycles. The van der Waals surface area contributed by atoms with E-state index in [0.29, 0.717) is 5.56 Å². The number of rotatable bonds is 8. The summed E-state index contributed by atoms with van der Waals surface area (Å²) in [5.41, 5.74) is -5.04. The lowest BCUT2D eigenvalue weighted by atomic mass is 10.1. The summed E-state index contributed by atoms with van der Waals surface area (Å²) in [6, 6.07) is 8.36. The molecule has 0 N–H and O–H groups in total. The number of hydrogen-bond donors (Lipinski definition) is 0. The van der Waals surface area contributed by atoms with Crippen LogP contribution < -0.4 is 0 Å². The summed E-state index contributed by atoms with van der Waals surface area (Å²) in [5, 5.41) is 0. The molecule has 0 radical (unpaired) electrons. The van der Waals surface area contributed by atoms with Crippen LogP contribution in [0.25, 0.3) is 0 Å². The average Bonchev–Trinajstić information content (AvgIpc) is 2.93. The zero-order valence-electron chi connectivity index (χ0n) is 14.5. The van der Waals surface area contributed by atoms with Crippen molar-refractivity contribution in [3.63, 3.8) is 0 Å². The largest absolute Gasteiger partial charge is 0.523 e. The first kappa shape index (κ1) is 22.0. The topological polar surface area (TPSA) is 105 Å². The van der Waals surface area contributed by atoms with Gasteiger partial charge in [0.2, 0.25) is 0 Å². The molecule has 0 saturated carbocycles. The van der Waals surface area contributed by atoms with Crippen LogP contribution in [0.2, 0.25) is 0 Å². The molecule has 1 aliphatic rings. The molecule has 1 aromatic carbocycles. The molecule has 0 bridgehead atoms. The van der Waals surface area contributed by atoms with Gasteiger partial charge in [-0.2, -0.15) is 21.6 Å². The van der Waals surface area contributed by atoms with Gasteiger partial charge in [-0.3, -0.25) is 0 Å². The number of esters is 1. The number of carbonyl (C=O) groups is 2. The summed E-state index contributed by atoms with van der Waals surface area (Å²) in [6.07, 6.45) is -5.04. The van der Waals surface area contributed by atoms with E-state index >= 15 is 0 Å². The van der Waals surface area contributed by atoms with Crippen molar-refractivity contribution in [1.29, 1.82) is 0 Å². The van der Waals surface area contributed by atoms with E-state index in [9.17, 15) is 31.2 Å². The van der Waals surface area contributed by atoms with Gasteiger partial charge in [0.1, 0.15) is 12.7 Å². The van der Waals surface area contributed by atoms with Crippen molar-refractivity contribution in [2.45, 2.75) is 43.6 Å². The molecular formula is C16H17F3O8S. The number of hydrogen-bond acceptors (Lipinski definition) is 8. The highest BCUT2D eigenvalue weighted by atomic mass is 32.2. The van der Waals surface area contributed by atoms with E-state index in [4.69, 9.17) is 9.47 Å². The summed E-state index contributed by atoms with van der Waals surface area (Å²) in [5.74, 6) is -1.33. The smallest absolute Gasteiger partial charge is 0.460 e.